The Morgan fingerprint density at radius 2 is 1.82 bits per heavy atom. The van der Waals surface area contributed by atoms with E-state index in [9.17, 15) is 0 Å². The highest BCUT2D eigenvalue weighted by atomic mass is 16.5. The second-order valence-corrected chi connectivity index (χ2v) is 3.11. The summed E-state index contributed by atoms with van der Waals surface area (Å²) in [6, 6.07) is 5.53. The van der Waals surface area contributed by atoms with Crippen LogP contribution in [0.2, 0.25) is 0 Å². The van der Waals surface area contributed by atoms with E-state index in [1.165, 1.54) is 0 Å². The van der Waals surface area contributed by atoms with Gasteiger partial charge in [-0.15, -0.1) is 0 Å². The third kappa shape index (κ3) is 2.22. The molecule has 7 nitrogen and oxygen atoms in total. The Kier molecular flexibility index (Phi) is 2.99. The van der Waals surface area contributed by atoms with Crippen molar-refractivity contribution in [3.05, 3.63) is 18.2 Å². The predicted octanol–water partition coefficient (Wildman–Crippen LogP) is 1.41. The van der Waals surface area contributed by atoms with Gasteiger partial charge < -0.3 is 24.9 Å². The molecule has 0 saturated heterocycles. The van der Waals surface area contributed by atoms with Crippen molar-refractivity contribution in [2.24, 2.45) is 0 Å². The van der Waals surface area contributed by atoms with Crippen LogP contribution in [-0.4, -0.2) is 24.4 Å². The molecule has 7 heteroatoms. The van der Waals surface area contributed by atoms with Crippen LogP contribution in [0.5, 0.6) is 11.5 Å². The van der Waals surface area contributed by atoms with Crippen LogP contribution >= 0.6 is 0 Å². The smallest absolute Gasteiger partial charge is 0.321 e. The van der Waals surface area contributed by atoms with Crippen LogP contribution in [0.1, 0.15) is 0 Å². The average molecular weight is 236 g/mol. The number of aromatic nitrogens is 2. The minimum Gasteiger partial charge on any atom is -0.494 e. The summed E-state index contributed by atoms with van der Waals surface area (Å²) in [5.41, 5.74) is 5.93. The molecule has 1 heterocycles. The fourth-order valence-electron chi connectivity index (χ4n) is 1.37. The quantitative estimate of drug-likeness (QED) is 0.828. The van der Waals surface area contributed by atoms with Gasteiger partial charge in [0.25, 0.3) is 0 Å². The molecule has 0 radical (unpaired) electrons. The molecule has 0 spiro atoms. The van der Waals surface area contributed by atoms with Crippen molar-refractivity contribution in [2.75, 3.05) is 25.3 Å². The second kappa shape index (κ2) is 4.60. The molecular weight excluding hydrogens is 224 g/mol. The molecule has 0 aliphatic rings. The lowest BCUT2D eigenvalue weighted by molar-refractivity contribution is 0.397. The van der Waals surface area contributed by atoms with Gasteiger partial charge in [0, 0.05) is 0 Å². The lowest BCUT2D eigenvalue weighted by atomic mass is 10.2. The first kappa shape index (κ1) is 11.1. The molecule has 2 aromatic rings. The molecule has 0 saturated carbocycles. The van der Waals surface area contributed by atoms with Gasteiger partial charge in [0.05, 0.1) is 14.2 Å². The van der Waals surface area contributed by atoms with E-state index in [0.29, 0.717) is 17.2 Å². The van der Waals surface area contributed by atoms with Gasteiger partial charge in [-0.25, -0.2) is 0 Å². The van der Waals surface area contributed by atoms with Gasteiger partial charge in [0.2, 0.25) is 0 Å². The molecule has 3 N–H and O–H groups in total. The maximum Gasteiger partial charge on any atom is 0.321 e. The number of para-hydroxylation sites is 1. The summed E-state index contributed by atoms with van der Waals surface area (Å²) < 4.78 is 15.4. The van der Waals surface area contributed by atoms with Crippen LogP contribution in [0.3, 0.4) is 0 Å². The van der Waals surface area contributed by atoms with E-state index in [4.69, 9.17) is 19.6 Å². The Bertz CT molecular complexity index is 490. The predicted molar refractivity (Wildman–Crippen MR) is 61.5 cm³/mol. The fourth-order valence-corrected chi connectivity index (χ4v) is 1.37. The van der Waals surface area contributed by atoms with E-state index < -0.39 is 0 Å². The minimum atomic E-state index is -0.0126. The molecule has 2 rings (SSSR count). The molecule has 0 aliphatic carbocycles. The largest absolute Gasteiger partial charge is 0.494 e. The minimum absolute atomic E-state index is 0.0126. The first-order valence-corrected chi connectivity index (χ1v) is 4.81. The van der Waals surface area contributed by atoms with Crippen LogP contribution in [0, 0.1) is 0 Å². The van der Waals surface area contributed by atoms with Gasteiger partial charge in [-0.2, -0.15) is 0 Å². The number of nitrogens with zero attached hydrogens (tertiary/aromatic N) is 2. The van der Waals surface area contributed by atoms with E-state index >= 15 is 0 Å². The standard InChI is InChI=1S/C10H12N4O3/c1-15-6-4-3-5-7(16-2)8(6)12-10-14-13-9(11)17-10/h3-5H,1-2H3,(H2,11,13)(H,12,14). The first-order chi connectivity index (χ1) is 8.24. The van der Waals surface area contributed by atoms with Crippen molar-refractivity contribution in [2.45, 2.75) is 0 Å². The molecule has 1 aromatic heterocycles. The van der Waals surface area contributed by atoms with Gasteiger partial charge >= 0.3 is 12.0 Å². The number of nitrogens with two attached hydrogens (primary N) is 1. The number of anilines is 3. The van der Waals surface area contributed by atoms with E-state index in [2.05, 4.69) is 15.5 Å². The lowest BCUT2D eigenvalue weighted by Crippen LogP contribution is -1.98. The zero-order valence-corrected chi connectivity index (χ0v) is 9.43. The number of hydrogen-bond donors (Lipinski definition) is 2. The molecule has 90 valence electrons. The molecule has 0 unspecified atom stereocenters. The Morgan fingerprint density at radius 3 is 2.29 bits per heavy atom. The lowest BCUT2D eigenvalue weighted by Gasteiger charge is -2.12. The number of benzene rings is 1. The highest BCUT2D eigenvalue weighted by Gasteiger charge is 2.12. The van der Waals surface area contributed by atoms with Crippen LogP contribution in [0.25, 0.3) is 0 Å². The van der Waals surface area contributed by atoms with E-state index in [0.717, 1.165) is 0 Å². The first-order valence-electron chi connectivity index (χ1n) is 4.81. The third-order valence-electron chi connectivity index (χ3n) is 2.10. The molecule has 0 bridgehead atoms. The fraction of sp³-hybridized carbons (Fsp3) is 0.200. The summed E-state index contributed by atoms with van der Waals surface area (Å²) in [6.07, 6.45) is 0. The summed E-state index contributed by atoms with van der Waals surface area (Å²) >= 11 is 0. The van der Waals surface area contributed by atoms with Gasteiger partial charge in [-0.3, -0.25) is 0 Å². The Balaban J connectivity index is 2.36. The van der Waals surface area contributed by atoms with Crippen LogP contribution < -0.4 is 20.5 Å². The molecular formula is C10H12N4O3. The summed E-state index contributed by atoms with van der Waals surface area (Å²) in [6.45, 7) is 0. The van der Waals surface area contributed by atoms with Gasteiger partial charge in [0.1, 0.15) is 17.2 Å². The SMILES string of the molecule is COc1cccc(OC)c1Nc1nnc(N)o1. The monoisotopic (exact) mass is 236 g/mol. The third-order valence-corrected chi connectivity index (χ3v) is 2.10. The molecule has 0 fully saturated rings. The van der Waals surface area contributed by atoms with Crippen LogP contribution in [-0.2, 0) is 0 Å². The molecule has 0 aliphatic heterocycles. The Labute approximate surface area is 97.5 Å². The average Bonchev–Trinajstić information content (AvgIpc) is 2.75. The molecule has 0 atom stereocenters. The van der Waals surface area contributed by atoms with E-state index in [1.807, 2.05) is 6.07 Å². The van der Waals surface area contributed by atoms with Crippen molar-refractivity contribution >= 4 is 17.7 Å². The number of rotatable bonds is 4. The number of hydrogen-bond acceptors (Lipinski definition) is 7. The maximum absolute atomic E-state index is 5.33. The second-order valence-electron chi connectivity index (χ2n) is 3.11. The van der Waals surface area contributed by atoms with E-state index in [1.54, 1.807) is 26.4 Å². The highest BCUT2D eigenvalue weighted by molar-refractivity contribution is 5.70. The van der Waals surface area contributed by atoms with Gasteiger partial charge in [0.15, 0.2) is 0 Å². The summed E-state index contributed by atoms with van der Waals surface area (Å²) in [5, 5.41) is 10.1. The zero-order valence-electron chi connectivity index (χ0n) is 9.43. The summed E-state index contributed by atoms with van der Waals surface area (Å²) in [4.78, 5) is 0. The number of nitrogens with one attached hydrogen (secondary N) is 1. The van der Waals surface area contributed by atoms with Crippen LogP contribution in [0.4, 0.5) is 17.7 Å². The zero-order chi connectivity index (χ0) is 12.3. The number of methoxy groups -OCH3 is 2. The van der Waals surface area contributed by atoms with Crippen molar-refractivity contribution in [3.8, 4) is 11.5 Å². The summed E-state index contributed by atoms with van der Waals surface area (Å²) in [5.74, 6) is 1.20. The van der Waals surface area contributed by atoms with E-state index in [-0.39, 0.29) is 12.0 Å². The Hall–Kier alpha value is -2.44. The molecule has 17 heavy (non-hydrogen) atoms. The Morgan fingerprint density at radius 1 is 1.18 bits per heavy atom. The number of nitrogen functional groups attached to an aromatic ring is 1. The van der Waals surface area contributed by atoms with Crippen molar-refractivity contribution < 1.29 is 13.9 Å². The highest BCUT2D eigenvalue weighted by Crippen LogP contribution is 2.36. The molecule has 1 aromatic carbocycles. The van der Waals surface area contributed by atoms with Crippen LogP contribution in [0.15, 0.2) is 22.6 Å². The maximum atomic E-state index is 5.33. The molecule has 0 amide bonds. The van der Waals surface area contributed by atoms with Crippen molar-refractivity contribution in [1.82, 2.24) is 10.2 Å². The van der Waals surface area contributed by atoms with Gasteiger partial charge in [-0.05, 0) is 12.1 Å². The summed E-state index contributed by atoms with van der Waals surface area (Å²) in [7, 11) is 3.12. The number of ether oxygens (including phenoxy) is 2. The normalized spacial score (nSPS) is 10.0. The van der Waals surface area contributed by atoms with Crippen molar-refractivity contribution in [3.63, 3.8) is 0 Å². The van der Waals surface area contributed by atoms with Gasteiger partial charge in [-0.1, -0.05) is 16.3 Å². The topological polar surface area (TPSA) is 95.4 Å². The van der Waals surface area contributed by atoms with Crippen molar-refractivity contribution in [1.29, 1.82) is 0 Å².